The first-order valence-electron chi connectivity index (χ1n) is 5.85. The summed E-state index contributed by atoms with van der Waals surface area (Å²) in [6, 6.07) is 10.1. The fourth-order valence-corrected chi connectivity index (χ4v) is 2.06. The molecule has 0 bridgehead atoms. The SMILES string of the molecule is Cn1nc(CNCc2ccon2)c2ccccc21. The van der Waals surface area contributed by atoms with E-state index in [2.05, 4.69) is 27.7 Å². The average Bonchev–Trinajstić information content (AvgIpc) is 3.00. The van der Waals surface area contributed by atoms with Crippen LogP contribution in [-0.4, -0.2) is 14.9 Å². The maximum absolute atomic E-state index is 4.78. The maximum atomic E-state index is 4.78. The summed E-state index contributed by atoms with van der Waals surface area (Å²) in [6.45, 7) is 1.40. The van der Waals surface area contributed by atoms with Crippen LogP contribution in [0, 0.1) is 0 Å². The molecule has 0 aliphatic rings. The predicted octanol–water partition coefficient (Wildman–Crippen LogP) is 1.85. The molecule has 1 N–H and O–H groups in total. The molecule has 0 saturated heterocycles. The number of fused-ring (bicyclic) bond motifs is 1. The van der Waals surface area contributed by atoms with Gasteiger partial charge in [-0.05, 0) is 6.07 Å². The molecule has 0 aliphatic carbocycles. The molecule has 0 spiro atoms. The number of hydrogen-bond acceptors (Lipinski definition) is 4. The molecular formula is C13H14N4O. The number of rotatable bonds is 4. The number of nitrogens with zero attached hydrogens (tertiary/aromatic N) is 3. The highest BCUT2D eigenvalue weighted by atomic mass is 16.5. The Morgan fingerprint density at radius 2 is 2.11 bits per heavy atom. The molecule has 0 saturated carbocycles. The first-order chi connectivity index (χ1) is 8.84. The summed E-state index contributed by atoms with van der Waals surface area (Å²) in [4.78, 5) is 0. The summed E-state index contributed by atoms with van der Waals surface area (Å²) in [7, 11) is 1.96. The number of aryl methyl sites for hydroxylation is 1. The Labute approximate surface area is 104 Å². The molecule has 5 nitrogen and oxygen atoms in total. The van der Waals surface area contributed by atoms with E-state index >= 15 is 0 Å². The van der Waals surface area contributed by atoms with Crippen molar-refractivity contribution < 1.29 is 4.52 Å². The Kier molecular flexibility index (Phi) is 2.82. The quantitative estimate of drug-likeness (QED) is 0.758. The second kappa shape index (κ2) is 4.62. The third-order valence-corrected chi connectivity index (χ3v) is 2.92. The van der Waals surface area contributed by atoms with E-state index in [0.717, 1.165) is 16.9 Å². The summed E-state index contributed by atoms with van der Waals surface area (Å²) >= 11 is 0. The molecule has 2 heterocycles. The van der Waals surface area contributed by atoms with Gasteiger partial charge >= 0.3 is 0 Å². The van der Waals surface area contributed by atoms with Gasteiger partial charge in [0.2, 0.25) is 0 Å². The van der Waals surface area contributed by atoms with Crippen LogP contribution in [-0.2, 0) is 20.1 Å². The topological polar surface area (TPSA) is 55.9 Å². The standard InChI is InChI=1S/C13H14N4O/c1-17-13-5-3-2-4-11(13)12(15-17)9-14-8-10-6-7-18-16-10/h2-7,14H,8-9H2,1H3. The maximum Gasteiger partial charge on any atom is 0.124 e. The average molecular weight is 242 g/mol. The minimum absolute atomic E-state index is 0.682. The molecule has 5 heteroatoms. The van der Waals surface area contributed by atoms with E-state index < -0.39 is 0 Å². The van der Waals surface area contributed by atoms with Gasteiger partial charge in [-0.2, -0.15) is 5.10 Å². The van der Waals surface area contributed by atoms with E-state index in [1.54, 1.807) is 6.26 Å². The lowest BCUT2D eigenvalue weighted by molar-refractivity contribution is 0.408. The first-order valence-corrected chi connectivity index (χ1v) is 5.85. The molecular weight excluding hydrogens is 228 g/mol. The van der Waals surface area contributed by atoms with Gasteiger partial charge in [-0.15, -0.1) is 0 Å². The van der Waals surface area contributed by atoms with Crippen molar-refractivity contribution in [1.82, 2.24) is 20.3 Å². The van der Waals surface area contributed by atoms with E-state index in [4.69, 9.17) is 4.52 Å². The highest BCUT2D eigenvalue weighted by molar-refractivity contribution is 5.81. The van der Waals surface area contributed by atoms with Crippen molar-refractivity contribution in [2.75, 3.05) is 0 Å². The van der Waals surface area contributed by atoms with Crippen LogP contribution in [0.1, 0.15) is 11.4 Å². The smallest absolute Gasteiger partial charge is 0.124 e. The van der Waals surface area contributed by atoms with Crippen LogP contribution < -0.4 is 5.32 Å². The van der Waals surface area contributed by atoms with Crippen LogP contribution in [0.15, 0.2) is 41.1 Å². The highest BCUT2D eigenvalue weighted by Crippen LogP contribution is 2.17. The number of hydrogen-bond donors (Lipinski definition) is 1. The van der Waals surface area contributed by atoms with Gasteiger partial charge < -0.3 is 9.84 Å². The van der Waals surface area contributed by atoms with Crippen LogP contribution >= 0.6 is 0 Å². The molecule has 0 unspecified atom stereocenters. The van der Waals surface area contributed by atoms with Gasteiger partial charge in [-0.1, -0.05) is 23.4 Å². The van der Waals surface area contributed by atoms with Gasteiger partial charge in [0.15, 0.2) is 0 Å². The zero-order valence-electron chi connectivity index (χ0n) is 10.1. The van der Waals surface area contributed by atoms with Gasteiger partial charge in [-0.25, -0.2) is 0 Å². The van der Waals surface area contributed by atoms with Gasteiger partial charge in [0, 0.05) is 31.6 Å². The molecule has 18 heavy (non-hydrogen) atoms. The van der Waals surface area contributed by atoms with Gasteiger partial charge in [0.1, 0.15) is 6.26 Å². The zero-order chi connectivity index (χ0) is 12.4. The molecule has 1 aromatic carbocycles. The van der Waals surface area contributed by atoms with Crippen LogP contribution in [0.4, 0.5) is 0 Å². The van der Waals surface area contributed by atoms with Crippen molar-refractivity contribution in [2.24, 2.45) is 7.05 Å². The Hall–Kier alpha value is -2.14. The third-order valence-electron chi connectivity index (χ3n) is 2.92. The van der Waals surface area contributed by atoms with Crippen LogP contribution in [0.5, 0.6) is 0 Å². The van der Waals surface area contributed by atoms with Crippen molar-refractivity contribution in [1.29, 1.82) is 0 Å². The summed E-state index contributed by atoms with van der Waals surface area (Å²) in [6.07, 6.45) is 1.58. The molecule has 2 aromatic heterocycles. The van der Waals surface area contributed by atoms with Crippen LogP contribution in [0.25, 0.3) is 10.9 Å². The summed E-state index contributed by atoms with van der Waals surface area (Å²) in [5.74, 6) is 0. The minimum atomic E-state index is 0.682. The van der Waals surface area contributed by atoms with E-state index in [1.165, 1.54) is 5.39 Å². The Morgan fingerprint density at radius 1 is 1.22 bits per heavy atom. The number of aromatic nitrogens is 3. The number of nitrogens with one attached hydrogen (secondary N) is 1. The van der Waals surface area contributed by atoms with E-state index in [0.29, 0.717) is 13.1 Å². The zero-order valence-corrected chi connectivity index (χ0v) is 10.1. The summed E-state index contributed by atoms with van der Waals surface area (Å²) in [5.41, 5.74) is 3.10. The molecule has 3 aromatic rings. The van der Waals surface area contributed by atoms with E-state index in [1.807, 2.05) is 29.9 Å². The lowest BCUT2D eigenvalue weighted by atomic mass is 10.2. The minimum Gasteiger partial charge on any atom is -0.364 e. The lowest BCUT2D eigenvalue weighted by Crippen LogP contribution is -2.13. The molecule has 0 aliphatic heterocycles. The van der Waals surface area contributed by atoms with Crippen molar-refractivity contribution in [2.45, 2.75) is 13.1 Å². The van der Waals surface area contributed by atoms with Crippen molar-refractivity contribution in [3.63, 3.8) is 0 Å². The second-order valence-corrected chi connectivity index (χ2v) is 4.18. The normalized spacial score (nSPS) is 11.2. The van der Waals surface area contributed by atoms with E-state index in [9.17, 15) is 0 Å². The first kappa shape index (κ1) is 11.0. The fourth-order valence-electron chi connectivity index (χ4n) is 2.06. The number of para-hydroxylation sites is 1. The summed E-state index contributed by atoms with van der Waals surface area (Å²) in [5, 5.41) is 12.9. The van der Waals surface area contributed by atoms with Crippen LogP contribution in [0.3, 0.4) is 0 Å². The molecule has 0 atom stereocenters. The molecule has 0 fully saturated rings. The van der Waals surface area contributed by atoms with Crippen molar-refractivity contribution >= 4 is 10.9 Å². The van der Waals surface area contributed by atoms with Gasteiger partial charge in [-0.3, -0.25) is 4.68 Å². The Morgan fingerprint density at radius 3 is 2.94 bits per heavy atom. The number of benzene rings is 1. The lowest BCUT2D eigenvalue weighted by Gasteiger charge is -1.99. The van der Waals surface area contributed by atoms with Crippen molar-refractivity contribution in [3.05, 3.63) is 48.0 Å². The Bertz CT molecular complexity index is 642. The highest BCUT2D eigenvalue weighted by Gasteiger charge is 2.07. The summed E-state index contributed by atoms with van der Waals surface area (Å²) < 4.78 is 6.69. The molecule has 0 radical (unpaired) electrons. The second-order valence-electron chi connectivity index (χ2n) is 4.18. The van der Waals surface area contributed by atoms with E-state index in [-0.39, 0.29) is 0 Å². The van der Waals surface area contributed by atoms with Gasteiger partial charge in [0.25, 0.3) is 0 Å². The largest absolute Gasteiger partial charge is 0.364 e. The molecule has 3 rings (SSSR count). The fraction of sp³-hybridized carbons (Fsp3) is 0.231. The predicted molar refractivity (Wildman–Crippen MR) is 67.8 cm³/mol. The molecule has 92 valence electrons. The van der Waals surface area contributed by atoms with Crippen LogP contribution in [0.2, 0.25) is 0 Å². The van der Waals surface area contributed by atoms with Gasteiger partial charge in [0.05, 0.1) is 16.9 Å². The Balaban J connectivity index is 1.75. The molecule has 0 amide bonds. The van der Waals surface area contributed by atoms with Crippen molar-refractivity contribution in [3.8, 4) is 0 Å². The third kappa shape index (κ3) is 2.00. The monoisotopic (exact) mass is 242 g/mol.